The van der Waals surface area contributed by atoms with Crippen molar-refractivity contribution in [3.8, 4) is 0 Å². The summed E-state index contributed by atoms with van der Waals surface area (Å²) in [5.41, 5.74) is 5.63. The van der Waals surface area contributed by atoms with Crippen LogP contribution in [-0.4, -0.2) is 30.2 Å². The van der Waals surface area contributed by atoms with E-state index in [2.05, 4.69) is 82.6 Å². The Bertz CT molecular complexity index is 1040. The maximum atomic E-state index is 12.7. The van der Waals surface area contributed by atoms with Crippen LogP contribution in [0.4, 0.5) is 5.69 Å². The molecule has 1 amide bonds. The van der Waals surface area contributed by atoms with Gasteiger partial charge in [-0.15, -0.1) is 0 Å². The lowest BCUT2D eigenvalue weighted by molar-refractivity contribution is -0.136. The van der Waals surface area contributed by atoms with Gasteiger partial charge in [-0.2, -0.15) is 0 Å². The van der Waals surface area contributed by atoms with Crippen LogP contribution in [0.15, 0.2) is 85.5 Å². The van der Waals surface area contributed by atoms with Crippen molar-refractivity contribution in [3.63, 3.8) is 0 Å². The van der Waals surface area contributed by atoms with Gasteiger partial charge >= 0.3 is 0 Å². The first-order valence-corrected chi connectivity index (χ1v) is 14.1. The lowest BCUT2D eigenvalue weighted by Crippen LogP contribution is -2.37. The Morgan fingerprint density at radius 3 is 2.03 bits per heavy atom. The minimum atomic E-state index is -0.184. The summed E-state index contributed by atoms with van der Waals surface area (Å²) in [5, 5.41) is 3.10. The van der Waals surface area contributed by atoms with Gasteiger partial charge in [-0.1, -0.05) is 116 Å². The Morgan fingerprint density at radius 1 is 1.03 bits per heavy atom. The Labute approximate surface area is 238 Å². The predicted molar refractivity (Wildman–Crippen MR) is 170 cm³/mol. The summed E-state index contributed by atoms with van der Waals surface area (Å²) in [4.78, 5) is 26.1. The maximum Gasteiger partial charge on any atom is 0.227 e. The number of rotatable bonds is 11. The lowest BCUT2D eigenvalue weighted by Gasteiger charge is -2.29. The standard InChI is InChI=1S/C23H31NO2.C10H15N.C2H6/c1-8-9-10-17(2)15-22(26)24(16-18(3)25)19(4)20-11-13-21(14-12-20)23(5,6)7;1-3-4-9-5-7-10(11-2)8-6-9;1-2/h8-14,19H,1-2,15-16H2,3-7H3;5-8,11H,3-4H2,1-2H3;1-2H3/b10-9-;;. The summed E-state index contributed by atoms with van der Waals surface area (Å²) < 4.78 is 0. The van der Waals surface area contributed by atoms with E-state index in [9.17, 15) is 9.59 Å². The molecule has 2 rings (SSSR count). The molecule has 4 heteroatoms. The Hall–Kier alpha value is -3.40. The first-order valence-electron chi connectivity index (χ1n) is 14.1. The van der Waals surface area contributed by atoms with E-state index in [-0.39, 0.29) is 36.1 Å². The molecule has 0 radical (unpaired) electrons. The molecule has 0 aliphatic rings. The molecule has 1 atom stereocenters. The van der Waals surface area contributed by atoms with Gasteiger partial charge in [0.1, 0.15) is 5.78 Å². The fourth-order valence-corrected chi connectivity index (χ4v) is 3.81. The van der Waals surface area contributed by atoms with E-state index in [4.69, 9.17) is 0 Å². The Kier molecular flexibility index (Phi) is 17.1. The molecule has 0 aromatic heterocycles. The van der Waals surface area contributed by atoms with Gasteiger partial charge in [0.15, 0.2) is 0 Å². The molecule has 214 valence electrons. The van der Waals surface area contributed by atoms with Crippen LogP contribution in [0.5, 0.6) is 0 Å². The van der Waals surface area contributed by atoms with Crippen LogP contribution in [0.3, 0.4) is 0 Å². The molecule has 4 nitrogen and oxygen atoms in total. The number of hydrogen-bond acceptors (Lipinski definition) is 3. The summed E-state index contributed by atoms with van der Waals surface area (Å²) in [6.07, 6.45) is 7.74. The zero-order valence-corrected chi connectivity index (χ0v) is 25.9. The monoisotopic (exact) mass is 532 g/mol. The molecule has 0 aliphatic carbocycles. The van der Waals surface area contributed by atoms with Gasteiger partial charge in [0.25, 0.3) is 0 Å². The molecule has 0 saturated heterocycles. The average molecular weight is 533 g/mol. The molecule has 39 heavy (non-hydrogen) atoms. The van der Waals surface area contributed by atoms with Crippen LogP contribution in [-0.2, 0) is 21.4 Å². The van der Waals surface area contributed by atoms with Gasteiger partial charge in [0, 0.05) is 12.7 Å². The number of carbonyl (C=O) groups excluding carboxylic acids is 2. The summed E-state index contributed by atoms with van der Waals surface area (Å²) >= 11 is 0. The minimum Gasteiger partial charge on any atom is -0.388 e. The highest BCUT2D eigenvalue weighted by atomic mass is 16.2. The maximum absolute atomic E-state index is 12.7. The number of ketones is 1. The van der Waals surface area contributed by atoms with Gasteiger partial charge in [0.05, 0.1) is 19.0 Å². The molecule has 1 N–H and O–H groups in total. The van der Waals surface area contributed by atoms with Crippen molar-refractivity contribution in [1.82, 2.24) is 4.90 Å². The fraction of sp³-hybridized carbons (Fsp3) is 0.429. The topological polar surface area (TPSA) is 49.4 Å². The SMILES string of the molecule is C=C/C=C\C(=C)CC(=O)N(CC(C)=O)C(C)c1ccc(C(C)(C)C)cc1.CC.CCCc1ccc(NC)cc1. The van der Waals surface area contributed by atoms with E-state index in [1.807, 2.05) is 40.0 Å². The molecule has 1 unspecified atom stereocenters. The number of Topliss-reactive ketones (excluding diaryl/α,β-unsaturated/α-hetero) is 1. The zero-order valence-electron chi connectivity index (χ0n) is 25.9. The third-order valence-electron chi connectivity index (χ3n) is 6.07. The van der Waals surface area contributed by atoms with Crippen molar-refractivity contribution in [2.75, 3.05) is 18.9 Å². The van der Waals surface area contributed by atoms with Gasteiger partial charge < -0.3 is 10.2 Å². The highest BCUT2D eigenvalue weighted by Crippen LogP contribution is 2.27. The van der Waals surface area contributed by atoms with Crippen molar-refractivity contribution in [3.05, 3.63) is 102 Å². The number of aryl methyl sites for hydroxylation is 1. The van der Waals surface area contributed by atoms with Crippen molar-refractivity contribution in [2.24, 2.45) is 0 Å². The molecular weight excluding hydrogens is 480 g/mol. The normalized spacial score (nSPS) is 11.3. The van der Waals surface area contributed by atoms with E-state index in [0.717, 1.165) is 5.56 Å². The second-order valence-electron chi connectivity index (χ2n) is 10.4. The number of allylic oxidation sites excluding steroid dienone is 3. The largest absolute Gasteiger partial charge is 0.388 e. The van der Waals surface area contributed by atoms with Crippen LogP contribution in [0.1, 0.15) is 91.0 Å². The summed E-state index contributed by atoms with van der Waals surface area (Å²) in [7, 11) is 1.94. The smallest absolute Gasteiger partial charge is 0.227 e. The minimum absolute atomic E-state index is 0.0382. The van der Waals surface area contributed by atoms with Crippen molar-refractivity contribution >= 4 is 17.4 Å². The number of nitrogens with zero attached hydrogens (tertiary/aromatic N) is 1. The van der Waals surface area contributed by atoms with E-state index >= 15 is 0 Å². The van der Waals surface area contributed by atoms with E-state index in [1.54, 1.807) is 23.1 Å². The van der Waals surface area contributed by atoms with Gasteiger partial charge in [0.2, 0.25) is 5.91 Å². The van der Waals surface area contributed by atoms with E-state index < -0.39 is 0 Å². The Balaban J connectivity index is 0.000000920. The van der Waals surface area contributed by atoms with Gasteiger partial charge in [-0.25, -0.2) is 0 Å². The summed E-state index contributed by atoms with van der Waals surface area (Å²) in [5.74, 6) is -0.143. The van der Waals surface area contributed by atoms with Crippen LogP contribution < -0.4 is 5.32 Å². The van der Waals surface area contributed by atoms with Crippen molar-refractivity contribution in [2.45, 2.75) is 86.1 Å². The van der Waals surface area contributed by atoms with Crippen LogP contribution >= 0.6 is 0 Å². The first kappa shape index (κ1) is 35.6. The molecule has 0 spiro atoms. The van der Waals surface area contributed by atoms with Gasteiger partial charge in [-0.3, -0.25) is 9.59 Å². The lowest BCUT2D eigenvalue weighted by atomic mass is 9.86. The molecule has 2 aromatic rings. The highest BCUT2D eigenvalue weighted by molar-refractivity contribution is 5.86. The molecule has 0 bridgehead atoms. The quantitative estimate of drug-likeness (QED) is 0.294. The third kappa shape index (κ3) is 13.8. The molecular formula is C35H52N2O2. The predicted octanol–water partition coefficient (Wildman–Crippen LogP) is 8.86. The van der Waals surface area contributed by atoms with Crippen molar-refractivity contribution in [1.29, 1.82) is 0 Å². The number of benzene rings is 2. The summed E-state index contributed by atoms with van der Waals surface area (Å²) in [6.45, 7) is 23.8. The van der Waals surface area contributed by atoms with Crippen LogP contribution in [0.25, 0.3) is 0 Å². The Morgan fingerprint density at radius 2 is 1.59 bits per heavy atom. The first-order chi connectivity index (χ1) is 18.4. The molecule has 0 fully saturated rings. The number of nitrogens with one attached hydrogen (secondary N) is 1. The van der Waals surface area contributed by atoms with Crippen LogP contribution in [0, 0.1) is 0 Å². The third-order valence-corrected chi connectivity index (χ3v) is 6.07. The van der Waals surface area contributed by atoms with E-state index in [1.165, 1.54) is 36.6 Å². The van der Waals surface area contributed by atoms with Gasteiger partial charge in [-0.05, 0) is 60.1 Å². The van der Waals surface area contributed by atoms with E-state index in [0.29, 0.717) is 5.57 Å². The number of carbonyl (C=O) groups is 2. The summed E-state index contributed by atoms with van der Waals surface area (Å²) in [6, 6.07) is 16.7. The number of anilines is 1. The number of hydrogen-bond donors (Lipinski definition) is 1. The zero-order chi connectivity index (χ0) is 30.0. The van der Waals surface area contributed by atoms with Crippen LogP contribution in [0.2, 0.25) is 0 Å². The molecule has 2 aromatic carbocycles. The second-order valence-corrected chi connectivity index (χ2v) is 10.4. The van der Waals surface area contributed by atoms with Crippen molar-refractivity contribution < 1.29 is 9.59 Å². The highest BCUT2D eigenvalue weighted by Gasteiger charge is 2.23. The molecule has 0 aliphatic heterocycles. The molecule has 0 saturated carbocycles. The second kappa shape index (κ2) is 18.8. The number of amides is 1. The fourth-order valence-electron chi connectivity index (χ4n) is 3.81. The average Bonchev–Trinajstić information content (AvgIpc) is 2.91. The molecule has 0 heterocycles.